The second kappa shape index (κ2) is 10.4. The van der Waals surface area contributed by atoms with Crippen LogP contribution in [0.2, 0.25) is 0 Å². The van der Waals surface area contributed by atoms with Crippen molar-refractivity contribution in [3.8, 4) is 5.75 Å². The third kappa shape index (κ3) is 4.38. The average molecular weight is 494 g/mol. The van der Waals surface area contributed by atoms with Gasteiger partial charge in [-0.15, -0.1) is 0 Å². The molecule has 0 radical (unpaired) electrons. The minimum Gasteiger partial charge on any atom is -0.468 e. The maximum atomic E-state index is 12.3. The fraction of sp³-hybridized carbons (Fsp3) is 0.613. The number of methoxy groups -OCH3 is 1. The summed E-state index contributed by atoms with van der Waals surface area (Å²) in [6.45, 7) is 5.51. The first-order chi connectivity index (χ1) is 17.4. The first-order valence-corrected chi connectivity index (χ1v) is 13.9. The minimum atomic E-state index is -1.19. The van der Waals surface area contributed by atoms with Crippen molar-refractivity contribution in [3.05, 3.63) is 65.2 Å². The van der Waals surface area contributed by atoms with Gasteiger partial charge in [0.25, 0.3) is 0 Å². The summed E-state index contributed by atoms with van der Waals surface area (Å²) in [4.78, 5) is 0. The molecule has 3 aliphatic carbocycles. The van der Waals surface area contributed by atoms with Crippen LogP contribution < -0.4 is 10.1 Å². The molecule has 2 aromatic rings. The standard InChI is InChI=1S/C31H43NO4/c1-4-5-17-32-28(21-9-7-6-8-10-21)31(34)19-27-26-13-11-22-18-23(36-20-35-3)12-14-24(22)25(26)15-16-30(27,2)29(31)33/h6-10,12,14,18,25-29,32-34H,4-5,11,13,15-17,19-20H2,1-3H3/t25-,26-,27+,28+,29-,30+,31+/m1/s1. The van der Waals surface area contributed by atoms with Crippen LogP contribution in [0.5, 0.6) is 5.75 Å². The third-order valence-electron chi connectivity index (χ3n) is 9.64. The Bertz CT molecular complexity index is 1030. The molecule has 2 fully saturated rings. The predicted molar refractivity (Wildman–Crippen MR) is 142 cm³/mol. The lowest BCUT2D eigenvalue weighted by Gasteiger charge is -2.50. The Morgan fingerprint density at radius 2 is 1.94 bits per heavy atom. The molecular weight excluding hydrogens is 450 g/mol. The lowest BCUT2D eigenvalue weighted by Crippen LogP contribution is -2.53. The van der Waals surface area contributed by atoms with Gasteiger partial charge in [-0.1, -0.05) is 56.7 Å². The van der Waals surface area contributed by atoms with E-state index in [0.717, 1.165) is 56.4 Å². The molecule has 36 heavy (non-hydrogen) atoms. The Labute approximate surface area is 216 Å². The summed E-state index contributed by atoms with van der Waals surface area (Å²) in [6, 6.07) is 16.5. The number of nitrogens with one attached hydrogen (secondary N) is 1. The smallest absolute Gasteiger partial charge is 0.188 e. The molecule has 5 rings (SSSR count). The van der Waals surface area contributed by atoms with Gasteiger partial charge in [-0.25, -0.2) is 0 Å². The Kier molecular flexibility index (Phi) is 7.46. The van der Waals surface area contributed by atoms with Gasteiger partial charge in [0.15, 0.2) is 6.79 Å². The van der Waals surface area contributed by atoms with Gasteiger partial charge in [0.05, 0.1) is 12.1 Å². The molecule has 3 aliphatic rings. The molecule has 7 atom stereocenters. The van der Waals surface area contributed by atoms with E-state index in [1.807, 2.05) is 18.2 Å². The van der Waals surface area contributed by atoms with Gasteiger partial charge in [-0.3, -0.25) is 0 Å². The number of benzene rings is 2. The zero-order chi connectivity index (χ0) is 25.3. The molecule has 0 spiro atoms. The van der Waals surface area contributed by atoms with E-state index in [0.29, 0.717) is 18.3 Å². The van der Waals surface area contributed by atoms with Crippen molar-refractivity contribution in [2.24, 2.45) is 17.3 Å². The summed E-state index contributed by atoms with van der Waals surface area (Å²) in [5.41, 5.74) is 2.40. The van der Waals surface area contributed by atoms with E-state index in [4.69, 9.17) is 9.47 Å². The Morgan fingerprint density at radius 1 is 1.14 bits per heavy atom. The maximum absolute atomic E-state index is 12.3. The maximum Gasteiger partial charge on any atom is 0.188 e. The number of hydrogen-bond acceptors (Lipinski definition) is 5. The normalized spacial score (nSPS) is 33.9. The first kappa shape index (κ1) is 25.7. The highest BCUT2D eigenvalue weighted by Gasteiger charge is 2.65. The fourth-order valence-corrected chi connectivity index (χ4v) is 7.81. The number of aliphatic hydroxyl groups is 2. The van der Waals surface area contributed by atoms with Crippen LogP contribution in [0.25, 0.3) is 0 Å². The van der Waals surface area contributed by atoms with E-state index >= 15 is 0 Å². The minimum absolute atomic E-state index is 0.261. The topological polar surface area (TPSA) is 71.0 Å². The zero-order valence-electron chi connectivity index (χ0n) is 22.1. The molecule has 2 saturated carbocycles. The summed E-state index contributed by atoms with van der Waals surface area (Å²) < 4.78 is 10.8. The van der Waals surface area contributed by atoms with E-state index in [9.17, 15) is 10.2 Å². The molecule has 2 aromatic carbocycles. The van der Waals surface area contributed by atoms with Crippen LogP contribution in [-0.4, -0.2) is 42.4 Å². The van der Waals surface area contributed by atoms with Crippen LogP contribution in [0.1, 0.15) is 81.0 Å². The summed E-state index contributed by atoms with van der Waals surface area (Å²) in [6.07, 6.45) is 6.10. The van der Waals surface area contributed by atoms with Crippen molar-refractivity contribution in [1.29, 1.82) is 0 Å². The average Bonchev–Trinajstić information content (AvgIpc) is 3.11. The van der Waals surface area contributed by atoms with Crippen molar-refractivity contribution in [1.82, 2.24) is 5.32 Å². The van der Waals surface area contributed by atoms with Crippen LogP contribution in [0.3, 0.4) is 0 Å². The van der Waals surface area contributed by atoms with Crippen LogP contribution in [0.15, 0.2) is 48.5 Å². The summed E-state index contributed by atoms with van der Waals surface area (Å²) in [5.74, 6) is 2.09. The lowest BCUT2D eigenvalue weighted by atomic mass is 9.55. The van der Waals surface area contributed by atoms with Gasteiger partial charge in [0, 0.05) is 7.11 Å². The van der Waals surface area contributed by atoms with Crippen LogP contribution >= 0.6 is 0 Å². The molecule has 196 valence electrons. The van der Waals surface area contributed by atoms with Gasteiger partial charge >= 0.3 is 0 Å². The largest absolute Gasteiger partial charge is 0.468 e. The molecule has 5 nitrogen and oxygen atoms in total. The highest BCUT2D eigenvalue weighted by molar-refractivity contribution is 5.41. The molecule has 0 unspecified atom stereocenters. The summed E-state index contributed by atoms with van der Waals surface area (Å²) in [7, 11) is 1.64. The highest BCUT2D eigenvalue weighted by Crippen LogP contribution is 2.64. The van der Waals surface area contributed by atoms with Crippen molar-refractivity contribution in [3.63, 3.8) is 0 Å². The van der Waals surface area contributed by atoms with Crippen molar-refractivity contribution < 1.29 is 19.7 Å². The Morgan fingerprint density at radius 3 is 2.69 bits per heavy atom. The van der Waals surface area contributed by atoms with Crippen LogP contribution in [-0.2, 0) is 11.2 Å². The van der Waals surface area contributed by atoms with Crippen molar-refractivity contribution in [2.75, 3.05) is 20.4 Å². The van der Waals surface area contributed by atoms with Gasteiger partial charge in [0.2, 0.25) is 0 Å². The molecule has 0 saturated heterocycles. The highest BCUT2D eigenvalue weighted by atomic mass is 16.7. The van der Waals surface area contributed by atoms with E-state index in [1.54, 1.807) is 7.11 Å². The number of aryl methyl sites for hydroxylation is 1. The monoisotopic (exact) mass is 493 g/mol. The fourth-order valence-electron chi connectivity index (χ4n) is 7.81. The van der Waals surface area contributed by atoms with Gasteiger partial charge in [0.1, 0.15) is 11.4 Å². The van der Waals surface area contributed by atoms with E-state index in [1.165, 1.54) is 11.1 Å². The SMILES string of the molecule is CCCCN[C@@H](c1ccccc1)[C@@]1(O)C[C@H]2[C@@H]3CCc4cc(OCOC)ccc4[C@H]3CC[C@]2(C)[C@H]1O. The van der Waals surface area contributed by atoms with E-state index < -0.39 is 11.7 Å². The number of hydrogen-bond donors (Lipinski definition) is 3. The first-order valence-electron chi connectivity index (χ1n) is 13.9. The molecule has 0 heterocycles. The van der Waals surface area contributed by atoms with Gasteiger partial charge in [-0.2, -0.15) is 0 Å². The summed E-state index contributed by atoms with van der Waals surface area (Å²) in [5, 5.41) is 27.9. The van der Waals surface area contributed by atoms with Gasteiger partial charge in [-0.05, 0) is 97.1 Å². The molecular formula is C31H43NO4. The second-order valence-corrected chi connectivity index (χ2v) is 11.6. The number of aliphatic hydroxyl groups excluding tert-OH is 1. The van der Waals surface area contributed by atoms with Crippen molar-refractivity contribution >= 4 is 0 Å². The zero-order valence-corrected chi connectivity index (χ0v) is 22.1. The van der Waals surface area contributed by atoms with E-state index in [-0.39, 0.29) is 24.2 Å². The number of unbranched alkanes of at least 4 members (excludes halogenated alkanes) is 1. The Balaban J connectivity index is 1.43. The molecule has 5 heteroatoms. The number of rotatable bonds is 9. The number of fused-ring (bicyclic) bond motifs is 5. The van der Waals surface area contributed by atoms with Crippen LogP contribution in [0.4, 0.5) is 0 Å². The van der Waals surface area contributed by atoms with Crippen LogP contribution in [0, 0.1) is 17.3 Å². The Hall–Kier alpha value is -1.92. The molecule has 0 bridgehead atoms. The quantitative estimate of drug-likeness (QED) is 0.324. The van der Waals surface area contributed by atoms with Gasteiger partial charge < -0.3 is 25.0 Å². The molecule has 0 aliphatic heterocycles. The third-order valence-corrected chi connectivity index (χ3v) is 9.64. The van der Waals surface area contributed by atoms with E-state index in [2.05, 4.69) is 49.5 Å². The second-order valence-electron chi connectivity index (χ2n) is 11.6. The predicted octanol–water partition coefficient (Wildman–Crippen LogP) is 5.36. The summed E-state index contributed by atoms with van der Waals surface area (Å²) >= 11 is 0. The number of ether oxygens (including phenoxy) is 2. The molecule has 3 N–H and O–H groups in total. The van der Waals surface area contributed by atoms with Crippen molar-refractivity contribution in [2.45, 2.75) is 82.5 Å². The molecule has 0 amide bonds. The lowest BCUT2D eigenvalue weighted by molar-refractivity contribution is -0.117. The molecule has 0 aromatic heterocycles.